The van der Waals surface area contributed by atoms with E-state index >= 15 is 0 Å². The highest BCUT2D eigenvalue weighted by atomic mass is 32.1. The normalized spacial score (nSPS) is 12.0. The van der Waals surface area contributed by atoms with Gasteiger partial charge in [0.15, 0.2) is 0 Å². The quantitative estimate of drug-likeness (QED) is 0.652. The summed E-state index contributed by atoms with van der Waals surface area (Å²) in [6.45, 7) is 6.18. The van der Waals surface area contributed by atoms with Gasteiger partial charge in [-0.25, -0.2) is 0 Å². The average Bonchev–Trinajstić information content (AvgIpc) is 3.13. The molecule has 0 aliphatic carbocycles. The first-order chi connectivity index (χ1) is 12.1. The maximum Gasteiger partial charge on any atom is 0.252 e. The molecule has 1 heterocycles. The molecule has 3 aromatic rings. The first kappa shape index (κ1) is 17.4. The lowest BCUT2D eigenvalue weighted by Crippen LogP contribution is -2.29. The largest absolute Gasteiger partial charge is 0.340 e. The SMILES string of the molecule is CCc1ccc([C@@H](NC(=O)c2cc(C)cc(C)c2)c2cccs2)cc1. The summed E-state index contributed by atoms with van der Waals surface area (Å²) in [5.74, 6) is -0.0373. The molecule has 0 unspecified atom stereocenters. The minimum absolute atomic E-state index is 0.0373. The van der Waals surface area contributed by atoms with Gasteiger partial charge in [0.1, 0.15) is 0 Å². The van der Waals surface area contributed by atoms with Gasteiger partial charge in [-0.3, -0.25) is 4.79 Å². The van der Waals surface area contributed by atoms with Crippen molar-refractivity contribution in [2.24, 2.45) is 0 Å². The van der Waals surface area contributed by atoms with Crippen molar-refractivity contribution in [3.8, 4) is 0 Å². The Morgan fingerprint density at radius 3 is 2.28 bits per heavy atom. The second-order valence-electron chi connectivity index (χ2n) is 6.39. The average molecular weight is 349 g/mol. The first-order valence-corrected chi connectivity index (χ1v) is 9.46. The minimum Gasteiger partial charge on any atom is -0.340 e. The fourth-order valence-corrected chi connectivity index (χ4v) is 3.84. The number of rotatable bonds is 5. The van der Waals surface area contributed by atoms with Crippen LogP contribution < -0.4 is 5.32 Å². The maximum absolute atomic E-state index is 12.8. The standard InChI is InChI=1S/C22H23NOS/c1-4-17-7-9-18(10-8-17)21(20-6-5-11-25-20)23-22(24)19-13-15(2)12-16(3)14-19/h5-14,21H,4H2,1-3H3,(H,23,24)/t21-/m1/s1. The molecule has 0 radical (unpaired) electrons. The number of benzene rings is 2. The molecule has 3 heteroatoms. The molecule has 0 spiro atoms. The number of hydrogen-bond acceptors (Lipinski definition) is 2. The van der Waals surface area contributed by atoms with Crippen molar-refractivity contribution in [3.63, 3.8) is 0 Å². The highest BCUT2D eigenvalue weighted by molar-refractivity contribution is 7.10. The zero-order valence-corrected chi connectivity index (χ0v) is 15.7. The van der Waals surface area contributed by atoms with Crippen LogP contribution in [0, 0.1) is 13.8 Å². The van der Waals surface area contributed by atoms with Crippen LogP contribution in [0.1, 0.15) is 50.5 Å². The summed E-state index contributed by atoms with van der Waals surface area (Å²) in [4.78, 5) is 14.0. The highest BCUT2D eigenvalue weighted by Crippen LogP contribution is 2.27. The van der Waals surface area contributed by atoms with Crippen molar-refractivity contribution >= 4 is 17.2 Å². The Balaban J connectivity index is 1.91. The number of amides is 1. The van der Waals surface area contributed by atoms with Gasteiger partial charge in [-0.2, -0.15) is 0 Å². The van der Waals surface area contributed by atoms with E-state index in [2.05, 4.69) is 48.6 Å². The Labute approximate surface area is 153 Å². The minimum atomic E-state index is -0.126. The smallest absolute Gasteiger partial charge is 0.252 e. The second kappa shape index (κ2) is 7.66. The van der Waals surface area contributed by atoms with E-state index in [1.807, 2.05) is 37.4 Å². The van der Waals surface area contributed by atoms with Gasteiger partial charge in [0.05, 0.1) is 6.04 Å². The third-order valence-corrected chi connectivity index (χ3v) is 5.25. The lowest BCUT2D eigenvalue weighted by atomic mass is 10.0. The monoisotopic (exact) mass is 349 g/mol. The second-order valence-corrected chi connectivity index (χ2v) is 7.37. The molecule has 1 atom stereocenters. The summed E-state index contributed by atoms with van der Waals surface area (Å²) in [7, 11) is 0. The van der Waals surface area contributed by atoms with E-state index in [1.54, 1.807) is 11.3 Å². The molecule has 2 nitrogen and oxygen atoms in total. The molecule has 0 aliphatic heterocycles. The third kappa shape index (κ3) is 4.18. The number of carbonyl (C=O) groups is 1. The Morgan fingerprint density at radius 1 is 1.04 bits per heavy atom. The van der Waals surface area contributed by atoms with E-state index in [0.717, 1.165) is 28.0 Å². The van der Waals surface area contributed by atoms with Crippen LogP contribution in [0.3, 0.4) is 0 Å². The summed E-state index contributed by atoms with van der Waals surface area (Å²) < 4.78 is 0. The van der Waals surface area contributed by atoms with Crippen LogP contribution in [0.2, 0.25) is 0 Å². The zero-order chi connectivity index (χ0) is 17.8. The summed E-state index contributed by atoms with van der Waals surface area (Å²) >= 11 is 1.66. The fraction of sp³-hybridized carbons (Fsp3) is 0.227. The molecule has 128 valence electrons. The van der Waals surface area contributed by atoms with Crippen molar-refractivity contribution in [3.05, 3.63) is 92.7 Å². The number of thiophene rings is 1. The third-order valence-electron chi connectivity index (χ3n) is 4.31. The lowest BCUT2D eigenvalue weighted by Gasteiger charge is -2.19. The number of nitrogens with one attached hydrogen (secondary N) is 1. The summed E-state index contributed by atoms with van der Waals surface area (Å²) in [6, 6.07) is 18.4. The van der Waals surface area contributed by atoms with Gasteiger partial charge in [-0.1, -0.05) is 54.4 Å². The summed E-state index contributed by atoms with van der Waals surface area (Å²) in [5.41, 5.74) is 5.33. The summed E-state index contributed by atoms with van der Waals surface area (Å²) in [6.07, 6.45) is 1.01. The molecule has 25 heavy (non-hydrogen) atoms. The van der Waals surface area contributed by atoms with Crippen molar-refractivity contribution < 1.29 is 4.79 Å². The van der Waals surface area contributed by atoms with Gasteiger partial charge in [0.25, 0.3) is 5.91 Å². The van der Waals surface area contributed by atoms with E-state index < -0.39 is 0 Å². The maximum atomic E-state index is 12.8. The van der Waals surface area contributed by atoms with E-state index in [-0.39, 0.29) is 11.9 Å². The van der Waals surface area contributed by atoms with Crippen LogP contribution in [0.25, 0.3) is 0 Å². The number of aryl methyl sites for hydroxylation is 3. The number of carbonyl (C=O) groups excluding carboxylic acids is 1. The fourth-order valence-electron chi connectivity index (χ4n) is 3.04. The van der Waals surface area contributed by atoms with Crippen LogP contribution in [0.15, 0.2) is 60.0 Å². The lowest BCUT2D eigenvalue weighted by molar-refractivity contribution is 0.0943. The number of hydrogen-bond donors (Lipinski definition) is 1. The molecule has 2 aromatic carbocycles. The Morgan fingerprint density at radius 2 is 1.72 bits per heavy atom. The van der Waals surface area contributed by atoms with E-state index in [9.17, 15) is 4.79 Å². The van der Waals surface area contributed by atoms with Crippen molar-refractivity contribution in [2.45, 2.75) is 33.2 Å². The van der Waals surface area contributed by atoms with Crippen LogP contribution >= 0.6 is 11.3 Å². The van der Waals surface area contributed by atoms with E-state index in [4.69, 9.17) is 0 Å². The molecule has 0 saturated heterocycles. The predicted octanol–water partition coefficient (Wildman–Crippen LogP) is 5.45. The Bertz CT molecular complexity index is 830. The molecular formula is C22H23NOS. The van der Waals surface area contributed by atoms with Crippen LogP contribution in [0.4, 0.5) is 0 Å². The Kier molecular flexibility index (Phi) is 5.34. The Hall–Kier alpha value is -2.39. The van der Waals surface area contributed by atoms with Gasteiger partial charge in [0, 0.05) is 10.4 Å². The molecule has 0 aliphatic rings. The van der Waals surface area contributed by atoms with Gasteiger partial charge < -0.3 is 5.32 Å². The predicted molar refractivity (Wildman–Crippen MR) is 105 cm³/mol. The molecule has 1 aromatic heterocycles. The highest BCUT2D eigenvalue weighted by Gasteiger charge is 2.19. The zero-order valence-electron chi connectivity index (χ0n) is 14.9. The van der Waals surface area contributed by atoms with Gasteiger partial charge in [-0.05, 0) is 55.0 Å². The molecule has 3 rings (SSSR count). The van der Waals surface area contributed by atoms with Gasteiger partial charge >= 0.3 is 0 Å². The molecular weight excluding hydrogens is 326 g/mol. The van der Waals surface area contributed by atoms with Crippen LogP contribution in [-0.2, 0) is 6.42 Å². The van der Waals surface area contributed by atoms with Crippen molar-refractivity contribution in [2.75, 3.05) is 0 Å². The molecule has 0 bridgehead atoms. The van der Waals surface area contributed by atoms with Crippen molar-refractivity contribution in [1.82, 2.24) is 5.32 Å². The van der Waals surface area contributed by atoms with Gasteiger partial charge in [-0.15, -0.1) is 11.3 Å². The van der Waals surface area contributed by atoms with Crippen LogP contribution in [0.5, 0.6) is 0 Å². The van der Waals surface area contributed by atoms with Crippen LogP contribution in [-0.4, -0.2) is 5.91 Å². The first-order valence-electron chi connectivity index (χ1n) is 8.58. The molecule has 0 fully saturated rings. The molecule has 1 amide bonds. The topological polar surface area (TPSA) is 29.1 Å². The molecule has 1 N–H and O–H groups in total. The van der Waals surface area contributed by atoms with E-state index in [0.29, 0.717) is 5.56 Å². The van der Waals surface area contributed by atoms with E-state index in [1.165, 1.54) is 5.56 Å². The molecule has 0 saturated carbocycles. The van der Waals surface area contributed by atoms with Gasteiger partial charge in [0.2, 0.25) is 0 Å². The van der Waals surface area contributed by atoms with Crippen molar-refractivity contribution in [1.29, 1.82) is 0 Å². The summed E-state index contributed by atoms with van der Waals surface area (Å²) in [5, 5.41) is 5.26.